The lowest BCUT2D eigenvalue weighted by Crippen LogP contribution is -2.61. The van der Waals surface area contributed by atoms with Gasteiger partial charge in [0.25, 0.3) is 0 Å². The molecule has 13 heavy (non-hydrogen) atoms. The predicted octanol–water partition coefficient (Wildman–Crippen LogP) is -2.81. The summed E-state index contributed by atoms with van der Waals surface area (Å²) in [6.45, 7) is 0. The van der Waals surface area contributed by atoms with Gasteiger partial charge in [0.2, 0.25) is 0 Å². The Kier molecular flexibility index (Phi) is 5.56. The summed E-state index contributed by atoms with van der Waals surface area (Å²) in [6.07, 6.45) is 1.60. The third-order valence-electron chi connectivity index (χ3n) is 1.13. The van der Waals surface area contributed by atoms with Crippen LogP contribution in [0.3, 0.4) is 0 Å². The SMILES string of the molecule is O=CCCCCC(=O)O[Cl+3]([O-])([O-])[O-]. The van der Waals surface area contributed by atoms with Gasteiger partial charge in [-0.3, -0.25) is 0 Å². The number of aldehydes is 1. The summed E-state index contributed by atoms with van der Waals surface area (Å²) in [7, 11) is -4.67. The topological polar surface area (TPSA) is 113 Å². The molecule has 0 spiro atoms. The number of hydrogen-bond acceptors (Lipinski definition) is 6. The fourth-order valence-electron chi connectivity index (χ4n) is 0.641. The van der Waals surface area contributed by atoms with Gasteiger partial charge in [-0.05, 0) is 17.1 Å². The van der Waals surface area contributed by atoms with Crippen LogP contribution in [0.15, 0.2) is 0 Å². The van der Waals surface area contributed by atoms with Crippen LogP contribution < -0.4 is 14.0 Å². The molecule has 0 aliphatic carbocycles. The van der Waals surface area contributed by atoms with E-state index in [0.29, 0.717) is 25.5 Å². The van der Waals surface area contributed by atoms with Crippen molar-refractivity contribution >= 4 is 12.3 Å². The minimum atomic E-state index is -4.67. The van der Waals surface area contributed by atoms with Gasteiger partial charge in [-0.15, -0.1) is 0 Å². The molecule has 0 aromatic heterocycles. The van der Waals surface area contributed by atoms with Crippen molar-refractivity contribution in [2.75, 3.05) is 0 Å². The maximum atomic E-state index is 10.5. The van der Waals surface area contributed by atoms with Crippen molar-refractivity contribution in [3.63, 3.8) is 0 Å². The zero-order valence-electron chi connectivity index (χ0n) is 6.73. The number of hydrogen-bond donors (Lipinski definition) is 0. The van der Waals surface area contributed by atoms with Gasteiger partial charge in [0.1, 0.15) is 16.5 Å². The Morgan fingerprint density at radius 2 is 1.92 bits per heavy atom. The Morgan fingerprint density at radius 3 is 2.38 bits per heavy atom. The predicted molar refractivity (Wildman–Crippen MR) is 30.6 cm³/mol. The molecule has 0 fully saturated rings. The number of halogens is 1. The number of rotatable bonds is 6. The van der Waals surface area contributed by atoms with E-state index in [0.717, 1.165) is 0 Å². The minimum Gasteiger partial charge on any atom is -0.303 e. The highest BCUT2D eigenvalue weighted by atomic mass is 35.7. The maximum absolute atomic E-state index is 10.5. The smallest absolute Gasteiger partial charge is 0.303 e. The average Bonchev–Trinajstić information content (AvgIpc) is 1.94. The monoisotopic (exact) mass is 212 g/mol. The fourth-order valence-corrected chi connectivity index (χ4v) is 0.929. The molecule has 0 saturated carbocycles. The Labute approximate surface area is 76.8 Å². The summed E-state index contributed by atoms with van der Waals surface area (Å²) < 4.78 is 33.0. The molecule has 76 valence electrons. The molecular formula is C6H9ClO6. The Bertz CT molecular complexity index is 174. The zero-order chi connectivity index (χ0) is 10.3. The van der Waals surface area contributed by atoms with Crippen LogP contribution >= 0.6 is 0 Å². The molecule has 0 saturated heterocycles. The quantitative estimate of drug-likeness (QED) is 0.347. The van der Waals surface area contributed by atoms with E-state index < -0.39 is 16.2 Å². The molecule has 0 rings (SSSR count). The van der Waals surface area contributed by atoms with Gasteiger partial charge in [0, 0.05) is 6.42 Å². The van der Waals surface area contributed by atoms with E-state index in [1.54, 1.807) is 0 Å². The molecule has 0 unspecified atom stereocenters. The normalized spacial score (nSPS) is 11.0. The highest BCUT2D eigenvalue weighted by molar-refractivity contribution is 5.68. The molecule has 0 aliphatic rings. The van der Waals surface area contributed by atoms with E-state index in [-0.39, 0.29) is 6.42 Å². The molecule has 0 heterocycles. The standard InChI is InChI=1S/C6H9ClO6/c8-5-3-1-2-4-6(9)13-7(10,11)12/h5H,1-4H2. The molecule has 0 bridgehead atoms. The number of carbonyl (C=O) groups is 2. The Balaban J connectivity index is 3.47. The molecule has 0 aromatic carbocycles. The van der Waals surface area contributed by atoms with Gasteiger partial charge in [-0.1, -0.05) is 0 Å². The van der Waals surface area contributed by atoms with Crippen molar-refractivity contribution in [1.29, 1.82) is 0 Å². The molecule has 0 amide bonds. The molecular weight excluding hydrogens is 204 g/mol. The minimum absolute atomic E-state index is 0.178. The van der Waals surface area contributed by atoms with Crippen LogP contribution in [0.5, 0.6) is 0 Å². The van der Waals surface area contributed by atoms with Crippen LogP contribution in [0, 0.1) is 10.2 Å². The van der Waals surface area contributed by atoms with E-state index in [1.807, 2.05) is 0 Å². The molecule has 0 aliphatic heterocycles. The van der Waals surface area contributed by atoms with E-state index >= 15 is 0 Å². The van der Waals surface area contributed by atoms with Crippen LogP contribution in [-0.4, -0.2) is 12.3 Å². The maximum Gasteiger partial charge on any atom is 0.463 e. The lowest BCUT2D eigenvalue weighted by molar-refractivity contribution is -1.92. The summed E-state index contributed by atoms with van der Waals surface area (Å²) in [6, 6.07) is 0. The van der Waals surface area contributed by atoms with Gasteiger partial charge < -0.3 is 4.79 Å². The van der Waals surface area contributed by atoms with E-state index in [2.05, 4.69) is 4.29 Å². The van der Waals surface area contributed by atoms with Gasteiger partial charge >= 0.3 is 5.97 Å². The second-order valence-corrected chi connectivity index (χ2v) is 3.15. The second-order valence-electron chi connectivity index (χ2n) is 2.24. The molecule has 7 heteroatoms. The van der Waals surface area contributed by atoms with Crippen LogP contribution in [-0.2, 0) is 13.9 Å². The fraction of sp³-hybridized carbons (Fsp3) is 0.667. The van der Waals surface area contributed by atoms with E-state index in [1.165, 1.54) is 0 Å². The van der Waals surface area contributed by atoms with Gasteiger partial charge in [0.15, 0.2) is 0 Å². The van der Waals surface area contributed by atoms with Crippen LogP contribution in [0.2, 0.25) is 0 Å². The van der Waals surface area contributed by atoms with Crippen molar-refractivity contribution < 1.29 is 38.1 Å². The van der Waals surface area contributed by atoms with Crippen LogP contribution in [0.4, 0.5) is 0 Å². The molecule has 0 aromatic rings. The van der Waals surface area contributed by atoms with Crippen molar-refractivity contribution in [2.24, 2.45) is 0 Å². The lowest BCUT2D eigenvalue weighted by Gasteiger charge is -2.10. The highest BCUT2D eigenvalue weighted by Crippen LogP contribution is 2.01. The van der Waals surface area contributed by atoms with Gasteiger partial charge in [0.05, 0.1) is 6.42 Å². The van der Waals surface area contributed by atoms with Crippen molar-refractivity contribution in [3.8, 4) is 0 Å². The largest absolute Gasteiger partial charge is 0.463 e. The summed E-state index contributed by atoms with van der Waals surface area (Å²) in [5.74, 6) is -1.09. The summed E-state index contributed by atoms with van der Waals surface area (Å²) in [5, 5.41) is 0. The van der Waals surface area contributed by atoms with E-state index in [4.69, 9.17) is 0 Å². The van der Waals surface area contributed by atoms with Crippen molar-refractivity contribution in [2.45, 2.75) is 25.7 Å². The number of unbranched alkanes of at least 4 members (excludes halogenated alkanes) is 2. The first-order valence-electron chi connectivity index (χ1n) is 3.52. The first-order chi connectivity index (χ1) is 5.95. The molecule has 0 radical (unpaired) electrons. The van der Waals surface area contributed by atoms with E-state index in [9.17, 15) is 23.6 Å². The first-order valence-corrected chi connectivity index (χ1v) is 4.76. The Hall–Kier alpha value is -0.690. The zero-order valence-corrected chi connectivity index (χ0v) is 7.49. The highest BCUT2D eigenvalue weighted by Gasteiger charge is 2.24. The third-order valence-corrected chi connectivity index (χ3v) is 1.49. The van der Waals surface area contributed by atoms with Crippen molar-refractivity contribution in [1.82, 2.24) is 0 Å². The van der Waals surface area contributed by atoms with Crippen LogP contribution in [0.1, 0.15) is 25.7 Å². The Morgan fingerprint density at radius 1 is 1.31 bits per heavy atom. The van der Waals surface area contributed by atoms with Crippen molar-refractivity contribution in [3.05, 3.63) is 0 Å². The lowest BCUT2D eigenvalue weighted by atomic mass is 10.2. The first kappa shape index (κ1) is 12.3. The van der Waals surface area contributed by atoms with Gasteiger partial charge in [-0.25, -0.2) is 4.79 Å². The summed E-state index contributed by atoms with van der Waals surface area (Å²) in [5.41, 5.74) is 0. The van der Waals surface area contributed by atoms with Crippen LogP contribution in [0.25, 0.3) is 0 Å². The molecule has 0 atom stereocenters. The number of carbonyl (C=O) groups excluding carboxylic acids is 2. The second kappa shape index (κ2) is 5.87. The summed E-state index contributed by atoms with van der Waals surface area (Å²) >= 11 is 0. The molecule has 6 nitrogen and oxygen atoms in total. The molecule has 0 N–H and O–H groups in total. The third kappa shape index (κ3) is 9.22. The average molecular weight is 213 g/mol. The van der Waals surface area contributed by atoms with Gasteiger partial charge in [-0.2, -0.15) is 14.0 Å². The summed E-state index contributed by atoms with van der Waals surface area (Å²) in [4.78, 5) is 20.3.